The van der Waals surface area contributed by atoms with Crippen LogP contribution in [0.4, 0.5) is 5.82 Å². The van der Waals surface area contributed by atoms with E-state index in [2.05, 4.69) is 22.2 Å². The third kappa shape index (κ3) is 2.89. The SMILES string of the molecule is CCCC(C)C(=O)Nc1cnc[nH]1. The van der Waals surface area contributed by atoms with Gasteiger partial charge in [0.25, 0.3) is 0 Å². The monoisotopic (exact) mass is 181 g/mol. The lowest BCUT2D eigenvalue weighted by Gasteiger charge is -2.08. The Balaban J connectivity index is 2.41. The molecule has 0 radical (unpaired) electrons. The first kappa shape index (κ1) is 9.77. The van der Waals surface area contributed by atoms with Crippen LogP contribution in [0.2, 0.25) is 0 Å². The topological polar surface area (TPSA) is 57.8 Å². The minimum Gasteiger partial charge on any atom is -0.331 e. The second kappa shape index (κ2) is 4.64. The molecule has 0 aliphatic carbocycles. The van der Waals surface area contributed by atoms with E-state index in [1.54, 1.807) is 12.5 Å². The lowest BCUT2D eigenvalue weighted by atomic mass is 10.1. The Morgan fingerprint density at radius 2 is 2.54 bits per heavy atom. The molecule has 0 bridgehead atoms. The van der Waals surface area contributed by atoms with Crippen LogP contribution in [0.3, 0.4) is 0 Å². The number of carbonyl (C=O) groups is 1. The van der Waals surface area contributed by atoms with Gasteiger partial charge in [-0.3, -0.25) is 4.79 Å². The van der Waals surface area contributed by atoms with E-state index in [0.29, 0.717) is 5.82 Å². The summed E-state index contributed by atoms with van der Waals surface area (Å²) in [6.07, 6.45) is 5.08. The van der Waals surface area contributed by atoms with Crippen LogP contribution in [-0.2, 0) is 4.79 Å². The average Bonchev–Trinajstić information content (AvgIpc) is 2.57. The number of hydrogen-bond donors (Lipinski definition) is 2. The Bertz CT molecular complexity index is 256. The molecular formula is C9H15N3O. The predicted molar refractivity (Wildman–Crippen MR) is 51.3 cm³/mol. The van der Waals surface area contributed by atoms with Gasteiger partial charge in [0.1, 0.15) is 5.82 Å². The maximum absolute atomic E-state index is 11.4. The van der Waals surface area contributed by atoms with Crippen molar-refractivity contribution < 1.29 is 4.79 Å². The van der Waals surface area contributed by atoms with Crippen molar-refractivity contribution in [2.75, 3.05) is 5.32 Å². The number of anilines is 1. The molecule has 0 aromatic carbocycles. The molecule has 0 saturated heterocycles. The van der Waals surface area contributed by atoms with E-state index >= 15 is 0 Å². The normalized spacial score (nSPS) is 12.5. The summed E-state index contributed by atoms with van der Waals surface area (Å²) in [7, 11) is 0. The number of aromatic amines is 1. The van der Waals surface area contributed by atoms with Crippen LogP contribution >= 0.6 is 0 Å². The molecule has 1 heterocycles. The van der Waals surface area contributed by atoms with Crippen LogP contribution in [0.5, 0.6) is 0 Å². The van der Waals surface area contributed by atoms with Gasteiger partial charge in [-0.25, -0.2) is 4.98 Å². The molecule has 0 saturated carbocycles. The van der Waals surface area contributed by atoms with Gasteiger partial charge in [-0.1, -0.05) is 20.3 Å². The number of hydrogen-bond acceptors (Lipinski definition) is 2. The molecule has 1 unspecified atom stereocenters. The number of amides is 1. The maximum Gasteiger partial charge on any atom is 0.228 e. The molecule has 1 amide bonds. The Labute approximate surface area is 77.8 Å². The Morgan fingerprint density at radius 1 is 1.77 bits per heavy atom. The second-order valence-electron chi connectivity index (χ2n) is 3.14. The number of H-pyrrole nitrogens is 1. The molecule has 0 fully saturated rings. The van der Waals surface area contributed by atoms with E-state index in [1.165, 1.54) is 0 Å². The van der Waals surface area contributed by atoms with Gasteiger partial charge in [-0.2, -0.15) is 0 Å². The van der Waals surface area contributed by atoms with Crippen molar-refractivity contribution in [3.05, 3.63) is 12.5 Å². The quantitative estimate of drug-likeness (QED) is 0.743. The van der Waals surface area contributed by atoms with Gasteiger partial charge in [0.15, 0.2) is 0 Å². The predicted octanol–water partition coefficient (Wildman–Crippen LogP) is 1.78. The molecule has 0 aliphatic heterocycles. The van der Waals surface area contributed by atoms with Crippen molar-refractivity contribution in [1.29, 1.82) is 0 Å². The average molecular weight is 181 g/mol. The van der Waals surface area contributed by atoms with Crippen LogP contribution < -0.4 is 5.32 Å². The van der Waals surface area contributed by atoms with E-state index in [-0.39, 0.29) is 11.8 Å². The van der Waals surface area contributed by atoms with Gasteiger partial charge < -0.3 is 10.3 Å². The molecule has 0 spiro atoms. The lowest BCUT2D eigenvalue weighted by Crippen LogP contribution is -2.20. The molecular weight excluding hydrogens is 166 g/mol. The van der Waals surface area contributed by atoms with Crippen molar-refractivity contribution in [2.45, 2.75) is 26.7 Å². The van der Waals surface area contributed by atoms with Gasteiger partial charge in [0.2, 0.25) is 5.91 Å². The molecule has 2 N–H and O–H groups in total. The van der Waals surface area contributed by atoms with Gasteiger partial charge in [-0.05, 0) is 6.42 Å². The van der Waals surface area contributed by atoms with Crippen molar-refractivity contribution in [3.8, 4) is 0 Å². The third-order valence-electron chi connectivity index (χ3n) is 1.93. The summed E-state index contributed by atoms with van der Waals surface area (Å²) in [5.41, 5.74) is 0. The first-order chi connectivity index (χ1) is 6.24. The molecule has 13 heavy (non-hydrogen) atoms. The van der Waals surface area contributed by atoms with Crippen molar-refractivity contribution >= 4 is 11.7 Å². The summed E-state index contributed by atoms with van der Waals surface area (Å²) in [6.45, 7) is 4.00. The number of rotatable bonds is 4. The number of imidazole rings is 1. The number of nitrogens with one attached hydrogen (secondary N) is 2. The van der Waals surface area contributed by atoms with E-state index in [0.717, 1.165) is 12.8 Å². The molecule has 4 nitrogen and oxygen atoms in total. The molecule has 72 valence electrons. The lowest BCUT2D eigenvalue weighted by molar-refractivity contribution is -0.119. The van der Waals surface area contributed by atoms with Crippen LogP contribution in [0.1, 0.15) is 26.7 Å². The van der Waals surface area contributed by atoms with Crippen LogP contribution in [0, 0.1) is 5.92 Å². The highest BCUT2D eigenvalue weighted by Crippen LogP contribution is 2.08. The summed E-state index contributed by atoms with van der Waals surface area (Å²) in [4.78, 5) is 18.1. The summed E-state index contributed by atoms with van der Waals surface area (Å²) >= 11 is 0. The first-order valence-corrected chi connectivity index (χ1v) is 4.53. The maximum atomic E-state index is 11.4. The minimum absolute atomic E-state index is 0.0473. The highest BCUT2D eigenvalue weighted by atomic mass is 16.1. The summed E-state index contributed by atoms with van der Waals surface area (Å²) < 4.78 is 0. The number of aromatic nitrogens is 2. The smallest absolute Gasteiger partial charge is 0.228 e. The zero-order valence-electron chi connectivity index (χ0n) is 8.00. The van der Waals surface area contributed by atoms with Crippen LogP contribution in [-0.4, -0.2) is 15.9 Å². The molecule has 4 heteroatoms. The minimum atomic E-state index is 0.0473. The van der Waals surface area contributed by atoms with Crippen molar-refractivity contribution in [1.82, 2.24) is 9.97 Å². The largest absolute Gasteiger partial charge is 0.331 e. The number of nitrogens with zero attached hydrogens (tertiary/aromatic N) is 1. The highest BCUT2D eigenvalue weighted by Gasteiger charge is 2.11. The third-order valence-corrected chi connectivity index (χ3v) is 1.93. The van der Waals surface area contributed by atoms with Gasteiger partial charge in [-0.15, -0.1) is 0 Å². The van der Waals surface area contributed by atoms with Crippen LogP contribution in [0.25, 0.3) is 0 Å². The van der Waals surface area contributed by atoms with E-state index in [4.69, 9.17) is 0 Å². The molecule has 1 aromatic heterocycles. The molecule has 1 atom stereocenters. The summed E-state index contributed by atoms with van der Waals surface area (Å²) in [5.74, 6) is 0.771. The molecule has 0 aliphatic rings. The van der Waals surface area contributed by atoms with E-state index in [9.17, 15) is 4.79 Å². The zero-order chi connectivity index (χ0) is 9.68. The summed E-state index contributed by atoms with van der Waals surface area (Å²) in [6, 6.07) is 0. The van der Waals surface area contributed by atoms with E-state index < -0.39 is 0 Å². The Hall–Kier alpha value is -1.32. The standard InChI is InChI=1S/C9H15N3O/c1-3-4-7(2)9(13)12-8-5-10-6-11-8/h5-7H,3-4H2,1-2H3,(H,10,11)(H,12,13). The van der Waals surface area contributed by atoms with E-state index in [1.807, 2.05) is 6.92 Å². The fourth-order valence-electron chi connectivity index (χ4n) is 1.14. The first-order valence-electron chi connectivity index (χ1n) is 4.53. The van der Waals surface area contributed by atoms with Crippen molar-refractivity contribution in [3.63, 3.8) is 0 Å². The summed E-state index contributed by atoms with van der Waals surface area (Å²) in [5, 5.41) is 2.75. The second-order valence-corrected chi connectivity index (χ2v) is 3.14. The highest BCUT2D eigenvalue weighted by molar-refractivity contribution is 5.91. The van der Waals surface area contributed by atoms with Gasteiger partial charge in [0.05, 0.1) is 12.5 Å². The van der Waals surface area contributed by atoms with Gasteiger partial charge in [0, 0.05) is 5.92 Å². The fourth-order valence-corrected chi connectivity index (χ4v) is 1.14. The molecule has 1 aromatic rings. The molecule has 1 rings (SSSR count). The van der Waals surface area contributed by atoms with Gasteiger partial charge >= 0.3 is 0 Å². The van der Waals surface area contributed by atoms with Crippen molar-refractivity contribution in [2.24, 2.45) is 5.92 Å². The number of carbonyl (C=O) groups excluding carboxylic acids is 1. The fraction of sp³-hybridized carbons (Fsp3) is 0.556. The zero-order valence-corrected chi connectivity index (χ0v) is 8.00. The Morgan fingerprint density at radius 3 is 3.08 bits per heavy atom. The Kier molecular flexibility index (Phi) is 3.49. The van der Waals surface area contributed by atoms with Crippen LogP contribution in [0.15, 0.2) is 12.5 Å².